The minimum absolute atomic E-state index is 0.320. The third-order valence-electron chi connectivity index (χ3n) is 4.04. The molecule has 2 rings (SSSR count). The molecule has 1 aromatic rings. The monoisotopic (exact) mass is 264 g/mol. The summed E-state index contributed by atoms with van der Waals surface area (Å²) in [5, 5.41) is 8.55. The van der Waals surface area contributed by atoms with Crippen LogP contribution < -0.4 is 0 Å². The molecule has 4 heteroatoms. The highest BCUT2D eigenvalue weighted by Crippen LogP contribution is 2.28. The van der Waals surface area contributed by atoms with Gasteiger partial charge in [0.25, 0.3) is 0 Å². The van der Waals surface area contributed by atoms with Crippen molar-refractivity contribution in [1.29, 1.82) is 0 Å². The van der Waals surface area contributed by atoms with Gasteiger partial charge in [-0.05, 0) is 32.1 Å². The highest BCUT2D eigenvalue weighted by Gasteiger charge is 2.18. The summed E-state index contributed by atoms with van der Waals surface area (Å²) >= 11 is 0. The molecule has 1 aliphatic heterocycles. The molecule has 1 N–H and O–H groups in total. The molecule has 0 bridgehead atoms. The molecule has 4 nitrogen and oxygen atoms in total. The molecule has 0 saturated heterocycles. The van der Waals surface area contributed by atoms with Crippen LogP contribution in [0, 0.1) is 0 Å². The summed E-state index contributed by atoms with van der Waals surface area (Å²) in [6, 6.07) is 0.644. The lowest BCUT2D eigenvalue weighted by Gasteiger charge is -2.25. The molecule has 0 amide bonds. The average molecular weight is 264 g/mol. The Morgan fingerprint density at radius 1 is 1.32 bits per heavy atom. The fourth-order valence-electron chi connectivity index (χ4n) is 2.98. The number of hydrogen-bond donors (Lipinski definition) is 1. The van der Waals surface area contributed by atoms with Gasteiger partial charge < -0.3 is 9.67 Å². The fraction of sp³-hybridized carbons (Fsp3) is 0.733. The van der Waals surface area contributed by atoms with E-state index in [0.29, 0.717) is 12.5 Å². The summed E-state index contributed by atoms with van der Waals surface area (Å²) in [4.78, 5) is 14.6. The lowest BCUT2D eigenvalue weighted by Crippen LogP contribution is -2.16. The van der Waals surface area contributed by atoms with Crippen LogP contribution in [0.4, 0.5) is 0 Å². The number of aromatic nitrogens is 2. The maximum atomic E-state index is 10.4. The molecule has 0 fully saturated rings. The van der Waals surface area contributed by atoms with Gasteiger partial charge in [0.2, 0.25) is 0 Å². The first-order valence-electron chi connectivity index (χ1n) is 7.50. The number of carboxylic acids is 1. The van der Waals surface area contributed by atoms with Crippen molar-refractivity contribution in [2.45, 2.75) is 70.3 Å². The zero-order valence-corrected chi connectivity index (χ0v) is 11.6. The maximum absolute atomic E-state index is 10.4. The second kappa shape index (κ2) is 7.31. The molecule has 19 heavy (non-hydrogen) atoms. The van der Waals surface area contributed by atoms with Crippen molar-refractivity contribution in [3.8, 4) is 0 Å². The van der Waals surface area contributed by atoms with Gasteiger partial charge in [0.05, 0.1) is 6.33 Å². The highest BCUT2D eigenvalue weighted by molar-refractivity contribution is 5.66. The third kappa shape index (κ3) is 4.37. The first-order chi connectivity index (χ1) is 9.27. The Kier molecular flexibility index (Phi) is 5.43. The van der Waals surface area contributed by atoms with Gasteiger partial charge in [0.1, 0.15) is 0 Å². The molecule has 2 heterocycles. The Bertz CT molecular complexity index is 401. The average Bonchev–Trinajstić information content (AvgIpc) is 2.86. The van der Waals surface area contributed by atoms with Crippen molar-refractivity contribution in [2.75, 3.05) is 0 Å². The third-order valence-corrected chi connectivity index (χ3v) is 4.04. The minimum Gasteiger partial charge on any atom is -0.481 e. The van der Waals surface area contributed by atoms with E-state index in [1.54, 1.807) is 0 Å². The fourth-order valence-corrected chi connectivity index (χ4v) is 2.98. The van der Waals surface area contributed by atoms with E-state index in [1.165, 1.54) is 44.2 Å². The van der Waals surface area contributed by atoms with E-state index in [1.807, 2.05) is 12.5 Å². The van der Waals surface area contributed by atoms with E-state index in [4.69, 9.17) is 5.11 Å². The molecule has 1 unspecified atom stereocenters. The molecule has 0 aromatic carbocycles. The molecular weight excluding hydrogens is 240 g/mol. The van der Waals surface area contributed by atoms with E-state index in [2.05, 4.69) is 9.55 Å². The number of rotatable bonds is 8. The predicted octanol–water partition coefficient (Wildman–Crippen LogP) is 3.58. The Morgan fingerprint density at radius 3 is 2.95 bits per heavy atom. The van der Waals surface area contributed by atoms with Gasteiger partial charge in [-0.1, -0.05) is 25.7 Å². The molecule has 0 aliphatic carbocycles. The summed E-state index contributed by atoms with van der Waals surface area (Å²) in [5.74, 6) is -0.671. The van der Waals surface area contributed by atoms with Gasteiger partial charge in [-0.15, -0.1) is 0 Å². The number of aryl methyl sites for hydroxylation is 1. The number of carboxylic acid groups (broad SMARTS) is 1. The summed E-state index contributed by atoms with van der Waals surface area (Å²) in [6.07, 6.45) is 14.8. The van der Waals surface area contributed by atoms with Gasteiger partial charge >= 0.3 is 5.97 Å². The first-order valence-corrected chi connectivity index (χ1v) is 7.50. The van der Waals surface area contributed by atoms with Gasteiger partial charge in [0, 0.05) is 24.4 Å². The molecule has 0 saturated carbocycles. The van der Waals surface area contributed by atoms with E-state index >= 15 is 0 Å². The van der Waals surface area contributed by atoms with Gasteiger partial charge in [-0.3, -0.25) is 4.79 Å². The zero-order valence-electron chi connectivity index (χ0n) is 11.6. The van der Waals surface area contributed by atoms with E-state index in [0.717, 1.165) is 19.3 Å². The number of hydrogen-bond acceptors (Lipinski definition) is 2. The van der Waals surface area contributed by atoms with Crippen LogP contribution in [0.25, 0.3) is 0 Å². The number of imidazole rings is 1. The molecular formula is C15H24N2O2. The van der Waals surface area contributed by atoms with Crippen molar-refractivity contribution < 1.29 is 9.90 Å². The summed E-state index contributed by atoms with van der Waals surface area (Å²) < 4.78 is 2.36. The smallest absolute Gasteiger partial charge is 0.303 e. The van der Waals surface area contributed by atoms with Crippen LogP contribution in [0.15, 0.2) is 12.5 Å². The highest BCUT2D eigenvalue weighted by atomic mass is 16.4. The largest absolute Gasteiger partial charge is 0.481 e. The quantitative estimate of drug-likeness (QED) is 0.730. The lowest BCUT2D eigenvalue weighted by atomic mass is 9.97. The Hall–Kier alpha value is -1.32. The van der Waals surface area contributed by atoms with Crippen molar-refractivity contribution in [2.24, 2.45) is 0 Å². The molecule has 1 aliphatic rings. The van der Waals surface area contributed by atoms with Gasteiger partial charge in [-0.2, -0.15) is 0 Å². The van der Waals surface area contributed by atoms with Gasteiger partial charge in [0.15, 0.2) is 0 Å². The minimum atomic E-state index is -0.671. The van der Waals surface area contributed by atoms with E-state index in [-0.39, 0.29) is 0 Å². The second-order valence-corrected chi connectivity index (χ2v) is 5.54. The van der Waals surface area contributed by atoms with Gasteiger partial charge in [-0.25, -0.2) is 4.98 Å². The summed E-state index contributed by atoms with van der Waals surface area (Å²) in [5.41, 5.74) is 1.39. The zero-order chi connectivity index (χ0) is 13.5. The van der Waals surface area contributed by atoms with Crippen molar-refractivity contribution in [1.82, 2.24) is 9.55 Å². The Morgan fingerprint density at radius 2 is 2.11 bits per heavy atom. The SMILES string of the molecule is O=C(O)CCCCCCCC1CCCc2cncn21. The normalized spacial score (nSPS) is 18.2. The standard InChI is InChI=1S/C15H24N2O2/c18-15(19)10-5-3-1-2-4-7-13-8-6-9-14-11-16-12-17(13)14/h11-13H,1-10H2,(H,18,19). The van der Waals surface area contributed by atoms with Crippen LogP contribution in [0.5, 0.6) is 0 Å². The summed E-state index contributed by atoms with van der Waals surface area (Å²) in [6.45, 7) is 0. The molecule has 1 aromatic heterocycles. The molecule has 1 atom stereocenters. The number of carbonyl (C=O) groups is 1. The molecule has 106 valence electrons. The van der Waals surface area contributed by atoms with Crippen LogP contribution in [-0.2, 0) is 11.2 Å². The first kappa shape index (κ1) is 14.1. The number of fused-ring (bicyclic) bond motifs is 1. The Labute approximate surface area is 114 Å². The molecule has 0 spiro atoms. The van der Waals surface area contributed by atoms with E-state index < -0.39 is 5.97 Å². The van der Waals surface area contributed by atoms with Crippen LogP contribution in [0.1, 0.15) is 69.5 Å². The number of nitrogens with zero attached hydrogens (tertiary/aromatic N) is 2. The Balaban J connectivity index is 1.58. The van der Waals surface area contributed by atoms with Crippen LogP contribution in [0.2, 0.25) is 0 Å². The van der Waals surface area contributed by atoms with Crippen LogP contribution in [-0.4, -0.2) is 20.6 Å². The lowest BCUT2D eigenvalue weighted by molar-refractivity contribution is -0.137. The van der Waals surface area contributed by atoms with Crippen molar-refractivity contribution in [3.05, 3.63) is 18.2 Å². The second-order valence-electron chi connectivity index (χ2n) is 5.54. The van der Waals surface area contributed by atoms with Crippen LogP contribution in [0.3, 0.4) is 0 Å². The van der Waals surface area contributed by atoms with Crippen molar-refractivity contribution >= 4 is 5.97 Å². The van der Waals surface area contributed by atoms with Crippen LogP contribution >= 0.6 is 0 Å². The summed E-state index contributed by atoms with van der Waals surface area (Å²) in [7, 11) is 0. The molecule has 0 radical (unpaired) electrons. The number of unbranched alkanes of at least 4 members (excludes halogenated alkanes) is 4. The predicted molar refractivity (Wildman–Crippen MR) is 74.2 cm³/mol. The number of aliphatic carboxylic acids is 1. The topological polar surface area (TPSA) is 55.1 Å². The van der Waals surface area contributed by atoms with Crippen molar-refractivity contribution in [3.63, 3.8) is 0 Å². The van der Waals surface area contributed by atoms with E-state index in [9.17, 15) is 4.79 Å². The maximum Gasteiger partial charge on any atom is 0.303 e.